The molecule has 1 fully saturated rings. The third-order valence-electron chi connectivity index (χ3n) is 7.09. The molecule has 188 valence electrons. The minimum Gasteiger partial charge on any atom is -0.395 e. The summed E-state index contributed by atoms with van der Waals surface area (Å²) in [5.41, 5.74) is 4.45. The lowest BCUT2D eigenvalue weighted by atomic mass is 9.87. The molecule has 36 heavy (non-hydrogen) atoms. The fourth-order valence-electron chi connectivity index (χ4n) is 5.24. The summed E-state index contributed by atoms with van der Waals surface area (Å²) in [6, 6.07) is 16.1. The first kappa shape index (κ1) is 25.8. The lowest BCUT2D eigenvalue weighted by Crippen LogP contribution is -2.21. The fraction of sp³-hybridized carbons (Fsp3) is 0.400. The summed E-state index contributed by atoms with van der Waals surface area (Å²) in [7, 11) is 1.64. The monoisotopic (exact) mass is 488 g/mol. The quantitative estimate of drug-likeness (QED) is 0.367. The van der Waals surface area contributed by atoms with Crippen molar-refractivity contribution in [1.82, 2.24) is 4.57 Å². The zero-order valence-corrected chi connectivity index (χ0v) is 20.8. The van der Waals surface area contributed by atoms with E-state index in [9.17, 15) is 19.6 Å². The van der Waals surface area contributed by atoms with Crippen LogP contribution in [0.3, 0.4) is 0 Å². The Morgan fingerprint density at radius 2 is 1.72 bits per heavy atom. The number of nitriles is 1. The standard InChI is InChI=1S/C30H33FN2O3/c1-36-20-21-9-11-22(12-10-21)29-26(24-13-14-25(19-32)27(31)17-24)18-28(33(29)15-16-34)30(35)23-7-5-3-2-4-6-8-23/h9-14,17-18,23,34H,2-8,15-16,20H2,1H3. The molecule has 5 nitrogen and oxygen atoms in total. The zero-order chi connectivity index (χ0) is 25.5. The first-order valence-corrected chi connectivity index (χ1v) is 12.7. The predicted octanol–water partition coefficient (Wildman–Crippen LogP) is 6.51. The highest BCUT2D eigenvalue weighted by Gasteiger charge is 2.27. The Bertz CT molecular complexity index is 1230. The van der Waals surface area contributed by atoms with Gasteiger partial charge in [0.15, 0.2) is 5.78 Å². The largest absolute Gasteiger partial charge is 0.395 e. The van der Waals surface area contributed by atoms with Gasteiger partial charge in [-0.15, -0.1) is 0 Å². The van der Waals surface area contributed by atoms with E-state index in [0.717, 1.165) is 55.3 Å². The smallest absolute Gasteiger partial charge is 0.182 e. The van der Waals surface area contributed by atoms with Crippen molar-refractivity contribution in [1.29, 1.82) is 5.26 Å². The predicted molar refractivity (Wildman–Crippen MR) is 138 cm³/mol. The molecule has 1 aromatic heterocycles. The van der Waals surface area contributed by atoms with Crippen molar-refractivity contribution in [3.05, 3.63) is 71.2 Å². The van der Waals surface area contributed by atoms with Crippen LogP contribution in [0.15, 0.2) is 48.5 Å². The van der Waals surface area contributed by atoms with E-state index in [1.165, 1.54) is 18.6 Å². The number of nitrogens with zero attached hydrogens (tertiary/aromatic N) is 2. The molecule has 0 aliphatic heterocycles. The van der Waals surface area contributed by atoms with E-state index in [1.54, 1.807) is 13.2 Å². The SMILES string of the molecule is COCc1ccc(-c2c(-c3ccc(C#N)c(F)c3)cc(C(=O)C3CCCCCCC3)n2CCO)cc1. The summed E-state index contributed by atoms with van der Waals surface area (Å²) < 4.78 is 21.8. The Morgan fingerprint density at radius 3 is 2.33 bits per heavy atom. The van der Waals surface area contributed by atoms with Crippen molar-refractivity contribution in [3.63, 3.8) is 0 Å². The van der Waals surface area contributed by atoms with Crippen LogP contribution in [0.2, 0.25) is 0 Å². The molecule has 1 aliphatic rings. The average Bonchev–Trinajstić information content (AvgIpc) is 3.23. The Labute approximate surface area is 212 Å². The first-order valence-electron chi connectivity index (χ1n) is 12.7. The highest BCUT2D eigenvalue weighted by molar-refractivity contribution is 6.00. The average molecular weight is 489 g/mol. The Balaban J connectivity index is 1.87. The van der Waals surface area contributed by atoms with Gasteiger partial charge in [0.25, 0.3) is 0 Å². The normalized spacial score (nSPS) is 14.7. The highest BCUT2D eigenvalue weighted by Crippen LogP contribution is 2.38. The molecule has 0 spiro atoms. The number of ether oxygens (including phenoxy) is 1. The number of carbonyl (C=O) groups excluding carboxylic acids is 1. The van der Waals surface area contributed by atoms with Crippen LogP contribution in [0.5, 0.6) is 0 Å². The van der Waals surface area contributed by atoms with Crippen molar-refractivity contribution in [2.75, 3.05) is 13.7 Å². The number of methoxy groups -OCH3 is 1. The summed E-state index contributed by atoms with van der Waals surface area (Å²) in [6.45, 7) is 0.605. The number of carbonyl (C=O) groups is 1. The minimum absolute atomic E-state index is 0.0233. The summed E-state index contributed by atoms with van der Waals surface area (Å²) in [5, 5.41) is 19.1. The molecular weight excluding hydrogens is 455 g/mol. The van der Waals surface area contributed by atoms with Crippen LogP contribution in [0.4, 0.5) is 4.39 Å². The molecule has 1 saturated carbocycles. The molecule has 0 saturated heterocycles. The van der Waals surface area contributed by atoms with Gasteiger partial charge in [0.05, 0.1) is 30.2 Å². The van der Waals surface area contributed by atoms with Crippen LogP contribution < -0.4 is 0 Å². The van der Waals surface area contributed by atoms with Crippen molar-refractivity contribution in [2.24, 2.45) is 5.92 Å². The van der Waals surface area contributed by atoms with Gasteiger partial charge >= 0.3 is 0 Å². The van der Waals surface area contributed by atoms with Gasteiger partial charge in [-0.1, -0.05) is 62.4 Å². The lowest BCUT2D eigenvalue weighted by Gasteiger charge is -2.20. The molecule has 1 N–H and O–H groups in total. The number of aliphatic hydroxyl groups excluding tert-OH is 1. The number of hydrogen-bond donors (Lipinski definition) is 1. The van der Waals surface area contributed by atoms with Gasteiger partial charge in [-0.05, 0) is 47.7 Å². The lowest BCUT2D eigenvalue weighted by molar-refractivity contribution is 0.0887. The fourth-order valence-corrected chi connectivity index (χ4v) is 5.24. The molecule has 3 aromatic rings. The van der Waals surface area contributed by atoms with Crippen LogP contribution in [0.25, 0.3) is 22.4 Å². The number of aliphatic hydroxyl groups is 1. The molecular formula is C30H33FN2O3. The molecule has 0 radical (unpaired) electrons. The van der Waals surface area contributed by atoms with Gasteiger partial charge in [0, 0.05) is 25.1 Å². The molecule has 2 aromatic carbocycles. The molecule has 0 unspecified atom stereocenters. The van der Waals surface area contributed by atoms with Crippen molar-refractivity contribution in [2.45, 2.75) is 58.1 Å². The number of Topliss-reactive ketones (excluding diaryl/α,β-unsaturated/α-hetero) is 1. The Kier molecular flexibility index (Phi) is 8.69. The maximum atomic E-state index is 14.6. The van der Waals surface area contributed by atoms with E-state index in [1.807, 2.05) is 41.0 Å². The number of hydrogen-bond acceptors (Lipinski definition) is 4. The zero-order valence-electron chi connectivity index (χ0n) is 20.8. The topological polar surface area (TPSA) is 75.2 Å². The van der Waals surface area contributed by atoms with E-state index < -0.39 is 5.82 Å². The van der Waals surface area contributed by atoms with Gasteiger partial charge in [0.1, 0.15) is 11.9 Å². The highest BCUT2D eigenvalue weighted by atomic mass is 19.1. The van der Waals surface area contributed by atoms with Crippen LogP contribution >= 0.6 is 0 Å². The summed E-state index contributed by atoms with van der Waals surface area (Å²) >= 11 is 0. The maximum Gasteiger partial charge on any atom is 0.182 e. The van der Waals surface area contributed by atoms with Crippen molar-refractivity contribution < 1.29 is 19.0 Å². The van der Waals surface area contributed by atoms with E-state index in [2.05, 4.69) is 0 Å². The Morgan fingerprint density at radius 1 is 1.06 bits per heavy atom. The van der Waals surface area contributed by atoms with E-state index in [4.69, 9.17) is 4.74 Å². The number of benzene rings is 2. The molecule has 1 aliphatic carbocycles. The van der Waals surface area contributed by atoms with Crippen LogP contribution in [0, 0.1) is 23.1 Å². The number of halogens is 1. The molecule has 1 heterocycles. The summed E-state index contributed by atoms with van der Waals surface area (Å²) in [4.78, 5) is 13.9. The van der Waals surface area contributed by atoms with Gasteiger partial charge in [-0.25, -0.2) is 4.39 Å². The van der Waals surface area contributed by atoms with E-state index >= 15 is 0 Å². The van der Waals surface area contributed by atoms with Crippen LogP contribution in [0.1, 0.15) is 66.6 Å². The van der Waals surface area contributed by atoms with Crippen molar-refractivity contribution >= 4 is 5.78 Å². The van der Waals surface area contributed by atoms with Gasteiger partial charge in [-0.2, -0.15) is 5.26 Å². The van der Waals surface area contributed by atoms with Gasteiger partial charge in [-0.3, -0.25) is 4.79 Å². The molecule has 0 amide bonds. The summed E-state index contributed by atoms with van der Waals surface area (Å²) in [5.74, 6) is -0.567. The van der Waals surface area contributed by atoms with Gasteiger partial charge < -0.3 is 14.4 Å². The number of rotatable bonds is 8. The minimum atomic E-state index is -0.598. The number of aromatic nitrogens is 1. The van der Waals surface area contributed by atoms with E-state index in [-0.39, 0.29) is 30.4 Å². The molecule has 0 atom stereocenters. The van der Waals surface area contributed by atoms with Crippen LogP contribution in [-0.4, -0.2) is 29.2 Å². The maximum absolute atomic E-state index is 14.6. The third kappa shape index (κ3) is 5.59. The first-order chi connectivity index (χ1) is 17.6. The molecule has 6 heteroatoms. The molecule has 4 rings (SSSR count). The second-order valence-electron chi connectivity index (χ2n) is 9.51. The summed E-state index contributed by atoms with van der Waals surface area (Å²) in [6.07, 6.45) is 7.33. The third-order valence-corrected chi connectivity index (χ3v) is 7.09. The van der Waals surface area contributed by atoms with E-state index in [0.29, 0.717) is 23.4 Å². The molecule has 0 bridgehead atoms. The second-order valence-corrected chi connectivity index (χ2v) is 9.51. The Hall–Kier alpha value is -3.27. The van der Waals surface area contributed by atoms with Crippen molar-refractivity contribution in [3.8, 4) is 28.5 Å². The van der Waals surface area contributed by atoms with Gasteiger partial charge in [0.2, 0.25) is 0 Å². The second kappa shape index (κ2) is 12.1. The number of ketones is 1. The van der Waals surface area contributed by atoms with Crippen LogP contribution in [-0.2, 0) is 17.9 Å².